The van der Waals surface area contributed by atoms with Gasteiger partial charge in [0.25, 0.3) is 0 Å². The fraction of sp³-hybridized carbons (Fsp3) is 0.273. The molecule has 29 heavy (non-hydrogen) atoms. The normalized spacial score (nSPS) is 15.7. The summed E-state index contributed by atoms with van der Waals surface area (Å²) >= 11 is 0. The van der Waals surface area contributed by atoms with E-state index in [1.165, 1.54) is 11.4 Å². The van der Waals surface area contributed by atoms with Gasteiger partial charge in [0.15, 0.2) is 0 Å². The van der Waals surface area contributed by atoms with Crippen LogP contribution in [0, 0.1) is 0 Å². The molecule has 0 unspecified atom stereocenters. The lowest BCUT2D eigenvalue weighted by atomic mass is 10.2. The van der Waals surface area contributed by atoms with Crippen LogP contribution < -0.4 is 10.4 Å². The molecular weight excluding hydrogens is 396 g/mol. The van der Waals surface area contributed by atoms with Crippen molar-refractivity contribution in [3.63, 3.8) is 0 Å². The Hall–Kier alpha value is -1.85. The molecule has 0 bridgehead atoms. The lowest BCUT2D eigenvalue weighted by Gasteiger charge is -2.33. The lowest BCUT2D eigenvalue weighted by Crippen LogP contribution is -2.64. The van der Waals surface area contributed by atoms with Crippen molar-refractivity contribution in [2.24, 2.45) is 0 Å². The van der Waals surface area contributed by atoms with Gasteiger partial charge in [-0.25, -0.2) is 0 Å². The molecule has 0 aliphatic rings. The van der Waals surface area contributed by atoms with E-state index < -0.39 is 17.1 Å². The molecule has 2 rings (SSSR count). The van der Waals surface area contributed by atoms with E-state index in [-0.39, 0.29) is 0 Å². The number of benzene rings is 2. The van der Waals surface area contributed by atoms with E-state index in [1.807, 2.05) is 86.5 Å². The molecule has 0 spiro atoms. The van der Waals surface area contributed by atoms with Crippen molar-refractivity contribution in [3.05, 3.63) is 84.2 Å². The van der Waals surface area contributed by atoms with Gasteiger partial charge in [0.2, 0.25) is 0 Å². The highest BCUT2D eigenvalue weighted by atomic mass is 28.5. The van der Waals surface area contributed by atoms with Crippen LogP contribution in [0.15, 0.2) is 73.1 Å². The average molecular weight is 429 g/mol. The Morgan fingerprint density at radius 2 is 1.10 bits per heavy atom. The molecule has 2 aromatic rings. The molecular formula is C22H32N2O3Si2. The van der Waals surface area contributed by atoms with Crippen LogP contribution in [0.5, 0.6) is 0 Å². The van der Waals surface area contributed by atoms with E-state index in [0.717, 1.165) is 11.1 Å². The Bertz CT molecular complexity index is 790. The smallest absolute Gasteiger partial charge is 0.388 e. The maximum absolute atomic E-state index is 11.6. The van der Waals surface area contributed by atoms with Crippen LogP contribution in [0.25, 0.3) is 0 Å². The van der Waals surface area contributed by atoms with Crippen LogP contribution in [-0.2, 0) is 17.2 Å². The Labute approximate surface area is 176 Å². The Morgan fingerprint density at radius 1 is 0.759 bits per heavy atom. The van der Waals surface area contributed by atoms with E-state index in [2.05, 4.69) is 13.2 Å². The highest BCUT2D eigenvalue weighted by Gasteiger charge is 2.46. The van der Waals surface area contributed by atoms with E-state index in [1.54, 1.807) is 0 Å². The van der Waals surface area contributed by atoms with Crippen molar-refractivity contribution < 1.29 is 13.7 Å². The topological polar surface area (TPSA) is 56.2 Å². The average Bonchev–Trinajstić information content (AvgIpc) is 2.67. The minimum atomic E-state index is -3.65. The predicted molar refractivity (Wildman–Crippen MR) is 124 cm³/mol. The van der Waals surface area contributed by atoms with Crippen molar-refractivity contribution in [1.82, 2.24) is 9.80 Å². The first-order valence-electron chi connectivity index (χ1n) is 9.53. The minimum absolute atomic E-state index is 0.647. The lowest BCUT2D eigenvalue weighted by molar-refractivity contribution is 0.342. The van der Waals surface area contributed by atoms with Gasteiger partial charge in [-0.1, -0.05) is 48.5 Å². The molecule has 2 N–H and O–H groups in total. The van der Waals surface area contributed by atoms with Crippen molar-refractivity contribution >= 4 is 27.5 Å². The zero-order chi connectivity index (χ0) is 21.7. The van der Waals surface area contributed by atoms with Gasteiger partial charge in [0.05, 0.1) is 0 Å². The zero-order valence-corrected chi connectivity index (χ0v) is 19.8. The Kier molecular flexibility index (Phi) is 7.89. The number of rotatable bonds is 10. The van der Waals surface area contributed by atoms with E-state index in [4.69, 9.17) is 4.12 Å². The van der Waals surface area contributed by atoms with Gasteiger partial charge in [0.1, 0.15) is 0 Å². The van der Waals surface area contributed by atoms with Crippen molar-refractivity contribution in [3.8, 4) is 0 Å². The molecule has 0 fully saturated rings. The quantitative estimate of drug-likeness (QED) is 0.558. The van der Waals surface area contributed by atoms with Crippen LogP contribution in [0.2, 0.25) is 0 Å². The first kappa shape index (κ1) is 23.4. The first-order valence-corrected chi connectivity index (χ1v) is 13.4. The van der Waals surface area contributed by atoms with Crippen molar-refractivity contribution in [2.45, 2.75) is 13.1 Å². The molecule has 0 radical (unpaired) electrons. The number of hydrogen-bond donors (Lipinski definition) is 2. The second-order valence-electron chi connectivity index (χ2n) is 7.69. The van der Waals surface area contributed by atoms with Gasteiger partial charge < -0.3 is 23.5 Å². The van der Waals surface area contributed by atoms with Crippen LogP contribution in [-0.4, -0.2) is 64.7 Å². The van der Waals surface area contributed by atoms with Crippen LogP contribution in [0.1, 0.15) is 11.1 Å². The summed E-state index contributed by atoms with van der Waals surface area (Å²) in [5.41, 5.74) is 4.84. The van der Waals surface area contributed by atoms with E-state index in [0.29, 0.717) is 23.5 Å². The molecule has 0 aliphatic heterocycles. The number of hydrogen-bond acceptors (Lipinski definition) is 5. The van der Waals surface area contributed by atoms with Gasteiger partial charge in [-0.3, -0.25) is 0 Å². The molecule has 2 atom stereocenters. The highest BCUT2D eigenvalue weighted by Crippen LogP contribution is 2.17. The second-order valence-corrected chi connectivity index (χ2v) is 13.2. The fourth-order valence-electron chi connectivity index (χ4n) is 3.35. The maximum Gasteiger partial charge on any atom is 0.388 e. The number of nitrogens with zero attached hydrogens (tertiary/aromatic N) is 2. The fourth-order valence-corrected chi connectivity index (χ4v) is 9.15. The summed E-state index contributed by atoms with van der Waals surface area (Å²) in [5, 5.41) is 1.39. The van der Waals surface area contributed by atoms with Gasteiger partial charge in [0, 0.05) is 23.5 Å². The predicted octanol–water partition coefficient (Wildman–Crippen LogP) is 1.26. The molecule has 0 amide bonds. The minimum Gasteiger partial charge on any atom is -0.405 e. The third-order valence-corrected chi connectivity index (χ3v) is 10.8. The van der Waals surface area contributed by atoms with Crippen LogP contribution in [0.4, 0.5) is 0 Å². The molecule has 0 saturated heterocycles. The Morgan fingerprint density at radius 3 is 1.41 bits per heavy atom. The molecule has 0 aliphatic carbocycles. The highest BCUT2D eigenvalue weighted by molar-refractivity contribution is 6.97. The van der Waals surface area contributed by atoms with Gasteiger partial charge in [-0.2, -0.15) is 0 Å². The van der Waals surface area contributed by atoms with Crippen molar-refractivity contribution in [1.29, 1.82) is 0 Å². The Balaban J connectivity index is 2.53. The monoisotopic (exact) mass is 428 g/mol. The first-order chi connectivity index (χ1) is 13.6. The molecule has 0 saturated carbocycles. The second kappa shape index (κ2) is 9.77. The third-order valence-electron chi connectivity index (χ3n) is 4.64. The molecule has 5 nitrogen and oxygen atoms in total. The summed E-state index contributed by atoms with van der Waals surface area (Å²) in [7, 11) is 0.585. The zero-order valence-electron chi connectivity index (χ0n) is 17.8. The molecule has 0 aromatic heterocycles. The third kappa shape index (κ3) is 5.61. The summed E-state index contributed by atoms with van der Waals surface area (Å²) in [5.74, 6) is 0. The van der Waals surface area contributed by atoms with Crippen molar-refractivity contribution in [2.75, 3.05) is 28.2 Å². The van der Waals surface area contributed by atoms with Crippen LogP contribution in [0.3, 0.4) is 0 Å². The standard InChI is InChI=1S/C22H32N2O3Si2/c1-7-28(25,21-15-11-9-13-19(21)17-23(3)4)27-29(26,8-2)22-16-12-10-14-20(22)18-24(5)6/h7-16,25-26H,1-2,17-18H2,3-6H3/t28-,29-/m0/s1. The molecule has 2 aromatic carbocycles. The summed E-state index contributed by atoms with van der Waals surface area (Å²) in [6, 6.07) is 15.3. The molecule has 156 valence electrons. The van der Waals surface area contributed by atoms with Gasteiger partial charge >= 0.3 is 17.1 Å². The van der Waals surface area contributed by atoms with Gasteiger partial charge in [-0.15, -0.1) is 13.2 Å². The summed E-state index contributed by atoms with van der Waals surface area (Å²) in [6.07, 6.45) is 0. The SMILES string of the molecule is C=C[Si@](O)(O[Si@@](O)(C=C)c1ccccc1CN(C)C)c1ccccc1CN(C)C. The largest absolute Gasteiger partial charge is 0.405 e. The molecule has 0 heterocycles. The maximum atomic E-state index is 11.6. The summed E-state index contributed by atoms with van der Waals surface area (Å²) in [4.78, 5) is 27.2. The van der Waals surface area contributed by atoms with Gasteiger partial charge in [-0.05, 0) is 50.7 Å². The summed E-state index contributed by atoms with van der Waals surface area (Å²) < 4.78 is 6.26. The van der Waals surface area contributed by atoms with Crippen LogP contribution >= 0.6 is 0 Å². The molecule has 7 heteroatoms. The van der Waals surface area contributed by atoms with E-state index in [9.17, 15) is 9.59 Å². The van der Waals surface area contributed by atoms with E-state index >= 15 is 0 Å². The summed E-state index contributed by atoms with van der Waals surface area (Å²) in [6.45, 7) is 9.00.